The van der Waals surface area contributed by atoms with Crippen molar-refractivity contribution < 1.29 is 0 Å². The van der Waals surface area contributed by atoms with Crippen LogP contribution >= 0.6 is 22.6 Å². The Morgan fingerprint density at radius 3 is 2.30 bits per heavy atom. The molecule has 3 aromatic carbocycles. The molecular formula is C22H15IN4. The Labute approximate surface area is 170 Å². The topological polar surface area (TPSA) is 43.6 Å². The van der Waals surface area contributed by atoms with Crippen LogP contribution in [-0.2, 0) is 0 Å². The van der Waals surface area contributed by atoms with Gasteiger partial charge < -0.3 is 0 Å². The molecule has 0 atom stereocenters. The van der Waals surface area contributed by atoms with Crippen molar-refractivity contribution >= 4 is 44.9 Å². The normalized spacial score (nSPS) is 11.3. The summed E-state index contributed by atoms with van der Waals surface area (Å²) in [7, 11) is 0. The maximum Gasteiger partial charge on any atom is 0.199 e. The molecule has 0 bridgehead atoms. The third kappa shape index (κ3) is 2.78. The van der Waals surface area contributed by atoms with E-state index in [0.717, 1.165) is 37.3 Å². The Balaban J connectivity index is 1.92. The monoisotopic (exact) mass is 462 g/mol. The molecule has 0 aliphatic carbocycles. The smallest absolute Gasteiger partial charge is 0.199 e. The lowest BCUT2D eigenvalue weighted by Crippen LogP contribution is -2.00. The van der Waals surface area contributed by atoms with Crippen LogP contribution in [0.2, 0.25) is 0 Å². The van der Waals surface area contributed by atoms with Gasteiger partial charge in [0.2, 0.25) is 0 Å². The van der Waals surface area contributed by atoms with E-state index < -0.39 is 0 Å². The minimum Gasteiger partial charge on any atom is -0.275 e. The van der Waals surface area contributed by atoms with Crippen molar-refractivity contribution in [1.82, 2.24) is 19.5 Å². The highest BCUT2D eigenvalue weighted by Crippen LogP contribution is 2.30. The van der Waals surface area contributed by atoms with Gasteiger partial charge in [0.15, 0.2) is 11.3 Å². The van der Waals surface area contributed by atoms with Crippen LogP contribution in [0.25, 0.3) is 39.4 Å². The Morgan fingerprint density at radius 1 is 0.778 bits per heavy atom. The molecule has 0 saturated heterocycles. The molecule has 0 saturated carbocycles. The largest absolute Gasteiger partial charge is 0.275 e. The summed E-state index contributed by atoms with van der Waals surface area (Å²) in [6.07, 6.45) is 0. The standard InChI is InChI=1S/C22H15IN4/c1-14-7-2-3-10-17(14)21-26-20-22(25-19-12-5-4-11-18(19)24-20)27(21)16-9-6-8-15(23)13-16/h2-13H,1H3. The summed E-state index contributed by atoms with van der Waals surface area (Å²) in [5.74, 6) is 0.861. The zero-order valence-electron chi connectivity index (χ0n) is 14.6. The number of imidazole rings is 1. The molecule has 4 nitrogen and oxygen atoms in total. The van der Waals surface area contributed by atoms with Crippen LogP contribution in [0.4, 0.5) is 0 Å². The molecule has 0 aliphatic rings. The van der Waals surface area contributed by atoms with Crippen molar-refractivity contribution in [3.63, 3.8) is 0 Å². The number of hydrogen-bond acceptors (Lipinski definition) is 3. The van der Waals surface area contributed by atoms with Gasteiger partial charge >= 0.3 is 0 Å². The summed E-state index contributed by atoms with van der Waals surface area (Å²) in [6, 6.07) is 24.6. The van der Waals surface area contributed by atoms with E-state index in [0.29, 0.717) is 5.65 Å². The lowest BCUT2D eigenvalue weighted by molar-refractivity contribution is 1.08. The molecule has 5 aromatic rings. The van der Waals surface area contributed by atoms with Crippen LogP contribution < -0.4 is 0 Å². The van der Waals surface area contributed by atoms with Crippen LogP contribution in [-0.4, -0.2) is 19.5 Å². The Bertz CT molecular complexity index is 1310. The molecule has 2 heterocycles. The number of aromatic nitrogens is 4. The molecule has 0 fully saturated rings. The molecule has 2 aromatic heterocycles. The molecule has 0 spiro atoms. The number of halogens is 1. The highest BCUT2D eigenvalue weighted by Gasteiger charge is 2.18. The van der Waals surface area contributed by atoms with Gasteiger partial charge in [0, 0.05) is 9.13 Å². The molecule has 130 valence electrons. The van der Waals surface area contributed by atoms with Gasteiger partial charge in [0.25, 0.3) is 0 Å². The Morgan fingerprint density at radius 2 is 1.52 bits per heavy atom. The first kappa shape index (κ1) is 16.4. The van der Waals surface area contributed by atoms with Gasteiger partial charge in [-0.25, -0.2) is 15.0 Å². The molecule has 27 heavy (non-hydrogen) atoms. The van der Waals surface area contributed by atoms with Crippen LogP contribution in [0.3, 0.4) is 0 Å². The van der Waals surface area contributed by atoms with Gasteiger partial charge in [-0.15, -0.1) is 0 Å². The predicted molar refractivity (Wildman–Crippen MR) is 117 cm³/mol. The molecule has 0 N–H and O–H groups in total. The van der Waals surface area contributed by atoms with Gasteiger partial charge in [-0.05, 0) is 65.4 Å². The van der Waals surface area contributed by atoms with E-state index in [9.17, 15) is 0 Å². The fraction of sp³-hybridized carbons (Fsp3) is 0.0455. The fourth-order valence-corrected chi connectivity index (χ4v) is 3.85. The van der Waals surface area contributed by atoms with Crippen molar-refractivity contribution in [3.8, 4) is 17.1 Å². The highest BCUT2D eigenvalue weighted by molar-refractivity contribution is 14.1. The van der Waals surface area contributed by atoms with Crippen LogP contribution in [0, 0.1) is 10.5 Å². The SMILES string of the molecule is Cc1ccccc1-c1nc2nc3ccccc3nc2n1-c1cccc(I)c1. The minimum atomic E-state index is 0.658. The number of nitrogens with zero attached hydrogens (tertiary/aromatic N) is 4. The second-order valence-electron chi connectivity index (χ2n) is 6.43. The first-order valence-electron chi connectivity index (χ1n) is 8.68. The van der Waals surface area contributed by atoms with E-state index in [-0.39, 0.29) is 0 Å². The molecular weight excluding hydrogens is 447 g/mol. The number of fused-ring (bicyclic) bond motifs is 2. The lowest BCUT2D eigenvalue weighted by atomic mass is 10.1. The van der Waals surface area contributed by atoms with Gasteiger partial charge in [-0.3, -0.25) is 4.57 Å². The van der Waals surface area contributed by atoms with Crippen molar-refractivity contribution in [2.24, 2.45) is 0 Å². The number of aryl methyl sites for hydroxylation is 1. The first-order chi connectivity index (χ1) is 13.2. The van der Waals surface area contributed by atoms with Crippen molar-refractivity contribution in [2.45, 2.75) is 6.92 Å². The Kier molecular flexibility index (Phi) is 3.89. The number of benzene rings is 3. The average molecular weight is 462 g/mol. The van der Waals surface area contributed by atoms with Gasteiger partial charge in [0.05, 0.1) is 16.7 Å². The summed E-state index contributed by atoms with van der Waals surface area (Å²) in [6.45, 7) is 2.10. The third-order valence-electron chi connectivity index (χ3n) is 4.62. The number of para-hydroxylation sites is 2. The van der Waals surface area contributed by atoms with E-state index >= 15 is 0 Å². The number of hydrogen-bond donors (Lipinski definition) is 0. The predicted octanol–water partition coefficient (Wildman–Crippen LogP) is 5.55. The molecule has 5 rings (SSSR count). The maximum atomic E-state index is 4.90. The summed E-state index contributed by atoms with van der Waals surface area (Å²) in [5.41, 5.74) is 6.44. The second kappa shape index (κ2) is 6.42. The first-order valence-corrected chi connectivity index (χ1v) is 9.76. The molecule has 5 heteroatoms. The van der Waals surface area contributed by atoms with Crippen LogP contribution in [0.15, 0.2) is 72.8 Å². The minimum absolute atomic E-state index is 0.658. The van der Waals surface area contributed by atoms with Crippen LogP contribution in [0.5, 0.6) is 0 Å². The lowest BCUT2D eigenvalue weighted by Gasteiger charge is -2.11. The van der Waals surface area contributed by atoms with Gasteiger partial charge in [-0.2, -0.15) is 0 Å². The zero-order chi connectivity index (χ0) is 18.4. The van der Waals surface area contributed by atoms with Crippen molar-refractivity contribution in [2.75, 3.05) is 0 Å². The quantitative estimate of drug-likeness (QED) is 0.323. The average Bonchev–Trinajstić information content (AvgIpc) is 3.04. The summed E-state index contributed by atoms with van der Waals surface area (Å²) in [4.78, 5) is 14.5. The van der Waals surface area contributed by atoms with E-state index in [1.54, 1.807) is 0 Å². The van der Waals surface area contributed by atoms with E-state index in [4.69, 9.17) is 15.0 Å². The molecule has 0 aliphatic heterocycles. The highest BCUT2D eigenvalue weighted by atomic mass is 127. The number of rotatable bonds is 2. The van der Waals surface area contributed by atoms with Gasteiger partial charge in [0.1, 0.15) is 5.82 Å². The Hall–Kier alpha value is -2.80. The maximum absolute atomic E-state index is 4.90. The van der Waals surface area contributed by atoms with E-state index in [2.05, 4.69) is 70.5 Å². The summed E-state index contributed by atoms with van der Waals surface area (Å²) in [5, 5.41) is 0. The molecule has 0 amide bonds. The van der Waals surface area contributed by atoms with E-state index in [1.807, 2.05) is 36.4 Å². The van der Waals surface area contributed by atoms with Crippen LogP contribution in [0.1, 0.15) is 5.56 Å². The summed E-state index contributed by atoms with van der Waals surface area (Å²) < 4.78 is 3.27. The fourth-order valence-electron chi connectivity index (χ4n) is 3.32. The van der Waals surface area contributed by atoms with Crippen molar-refractivity contribution in [3.05, 3.63) is 81.9 Å². The molecule has 0 unspecified atom stereocenters. The van der Waals surface area contributed by atoms with Gasteiger partial charge in [-0.1, -0.05) is 42.5 Å². The third-order valence-corrected chi connectivity index (χ3v) is 5.29. The molecule has 0 radical (unpaired) electrons. The summed E-state index contributed by atoms with van der Waals surface area (Å²) >= 11 is 2.33. The van der Waals surface area contributed by atoms with E-state index in [1.165, 1.54) is 5.56 Å². The zero-order valence-corrected chi connectivity index (χ0v) is 16.8. The van der Waals surface area contributed by atoms with Crippen molar-refractivity contribution in [1.29, 1.82) is 0 Å². The second-order valence-corrected chi connectivity index (χ2v) is 7.67.